The van der Waals surface area contributed by atoms with Gasteiger partial charge < -0.3 is 10.5 Å². The molecule has 2 atom stereocenters. The predicted molar refractivity (Wildman–Crippen MR) is 79.7 cm³/mol. The second-order valence-corrected chi connectivity index (χ2v) is 7.20. The van der Waals surface area contributed by atoms with Crippen LogP contribution >= 0.6 is 0 Å². The van der Waals surface area contributed by atoms with Crippen LogP contribution in [0.2, 0.25) is 0 Å². The second-order valence-electron chi connectivity index (χ2n) is 5.28. The summed E-state index contributed by atoms with van der Waals surface area (Å²) in [5, 5.41) is 0. The number of hydrogen-bond donors (Lipinski definition) is 1. The summed E-state index contributed by atoms with van der Waals surface area (Å²) in [7, 11) is -3.35. The second kappa shape index (κ2) is 6.11. The average molecular weight is 298 g/mol. The number of morpholine rings is 1. The van der Waals surface area contributed by atoms with Gasteiger partial charge in [-0.2, -0.15) is 4.31 Å². The Morgan fingerprint density at radius 2 is 2.20 bits per heavy atom. The number of hydrogen-bond acceptors (Lipinski definition) is 4. The summed E-state index contributed by atoms with van der Waals surface area (Å²) in [5.74, 6) is -0.0126. The number of rotatable bonds is 4. The van der Waals surface area contributed by atoms with E-state index in [0.717, 1.165) is 12.0 Å². The third-order valence-corrected chi connectivity index (χ3v) is 5.41. The van der Waals surface area contributed by atoms with Gasteiger partial charge in [-0.05, 0) is 31.0 Å². The van der Waals surface area contributed by atoms with Gasteiger partial charge in [0.1, 0.15) is 0 Å². The number of nitrogens with zero attached hydrogens (tertiary/aromatic N) is 1. The smallest absolute Gasteiger partial charge is 0.218 e. The lowest BCUT2D eigenvalue weighted by Gasteiger charge is -2.37. The van der Waals surface area contributed by atoms with Crippen molar-refractivity contribution >= 4 is 15.7 Å². The quantitative estimate of drug-likeness (QED) is 0.857. The van der Waals surface area contributed by atoms with Crippen LogP contribution in [0.4, 0.5) is 5.69 Å². The molecule has 1 aliphatic heterocycles. The van der Waals surface area contributed by atoms with Gasteiger partial charge in [0.25, 0.3) is 0 Å². The topological polar surface area (TPSA) is 72.6 Å². The van der Waals surface area contributed by atoms with Crippen LogP contribution in [-0.4, -0.2) is 38.0 Å². The first-order valence-electron chi connectivity index (χ1n) is 6.88. The van der Waals surface area contributed by atoms with E-state index in [4.69, 9.17) is 10.5 Å². The number of benzene rings is 1. The summed E-state index contributed by atoms with van der Waals surface area (Å²) in [6, 6.07) is 6.96. The first-order valence-corrected chi connectivity index (χ1v) is 8.49. The van der Waals surface area contributed by atoms with Crippen LogP contribution in [-0.2, 0) is 20.5 Å². The highest BCUT2D eigenvalue weighted by atomic mass is 32.2. The molecule has 1 saturated heterocycles. The third kappa shape index (κ3) is 3.50. The minimum Gasteiger partial charge on any atom is -0.399 e. The Balaban J connectivity index is 2.20. The van der Waals surface area contributed by atoms with Crippen molar-refractivity contribution in [1.29, 1.82) is 0 Å². The highest BCUT2D eigenvalue weighted by Crippen LogP contribution is 2.22. The lowest BCUT2D eigenvalue weighted by Crippen LogP contribution is -2.51. The van der Waals surface area contributed by atoms with Gasteiger partial charge in [0.15, 0.2) is 0 Å². The minimum absolute atomic E-state index is 0.0126. The maximum Gasteiger partial charge on any atom is 0.218 e. The van der Waals surface area contributed by atoms with Crippen LogP contribution in [0.5, 0.6) is 0 Å². The van der Waals surface area contributed by atoms with E-state index in [1.165, 1.54) is 0 Å². The zero-order valence-corrected chi connectivity index (χ0v) is 12.8. The maximum atomic E-state index is 12.6. The number of sulfonamides is 1. The molecule has 20 heavy (non-hydrogen) atoms. The van der Waals surface area contributed by atoms with Crippen LogP contribution in [0.15, 0.2) is 24.3 Å². The molecule has 2 rings (SSSR count). The van der Waals surface area contributed by atoms with Crippen molar-refractivity contribution in [2.24, 2.45) is 0 Å². The molecule has 0 bridgehead atoms. The molecule has 2 unspecified atom stereocenters. The molecule has 5 nitrogen and oxygen atoms in total. The summed E-state index contributed by atoms with van der Waals surface area (Å²) in [6.07, 6.45) is 0.691. The zero-order chi connectivity index (χ0) is 14.8. The van der Waals surface area contributed by atoms with Crippen LogP contribution in [0, 0.1) is 0 Å². The van der Waals surface area contributed by atoms with Crippen molar-refractivity contribution in [2.75, 3.05) is 18.9 Å². The van der Waals surface area contributed by atoms with Crippen molar-refractivity contribution in [3.63, 3.8) is 0 Å². The molecule has 1 fully saturated rings. The third-order valence-electron chi connectivity index (χ3n) is 3.55. The Kier molecular flexibility index (Phi) is 4.67. The summed E-state index contributed by atoms with van der Waals surface area (Å²) >= 11 is 0. The molecule has 1 aliphatic rings. The Morgan fingerprint density at radius 3 is 2.85 bits per heavy atom. The minimum atomic E-state index is -3.35. The molecule has 1 aromatic rings. The molecule has 0 spiro atoms. The number of nitrogens with two attached hydrogens (primary N) is 1. The first-order chi connectivity index (χ1) is 9.42. The monoisotopic (exact) mass is 298 g/mol. The van der Waals surface area contributed by atoms with Crippen LogP contribution in [0.3, 0.4) is 0 Å². The van der Waals surface area contributed by atoms with Crippen molar-refractivity contribution < 1.29 is 13.2 Å². The van der Waals surface area contributed by atoms with Crippen molar-refractivity contribution in [3.05, 3.63) is 29.8 Å². The molecule has 1 aromatic carbocycles. The Bertz CT molecular complexity index is 559. The number of ether oxygens (including phenoxy) is 1. The van der Waals surface area contributed by atoms with Crippen molar-refractivity contribution in [1.82, 2.24) is 4.31 Å². The molecule has 0 radical (unpaired) electrons. The van der Waals surface area contributed by atoms with Gasteiger partial charge in [-0.15, -0.1) is 0 Å². The molecular formula is C14H22N2O3S. The summed E-state index contributed by atoms with van der Waals surface area (Å²) in [6.45, 7) is 4.76. The van der Waals surface area contributed by atoms with Crippen LogP contribution in [0.25, 0.3) is 0 Å². The number of nitrogen functional groups attached to an aromatic ring is 1. The Hall–Kier alpha value is -1.11. The van der Waals surface area contributed by atoms with E-state index in [9.17, 15) is 8.42 Å². The fourth-order valence-corrected chi connectivity index (χ4v) is 4.32. The molecule has 112 valence electrons. The molecule has 2 N–H and O–H groups in total. The van der Waals surface area contributed by atoms with Crippen LogP contribution < -0.4 is 5.73 Å². The highest BCUT2D eigenvalue weighted by molar-refractivity contribution is 7.88. The first kappa shape index (κ1) is 15.3. The van der Waals surface area contributed by atoms with Gasteiger partial charge in [0.2, 0.25) is 10.0 Å². The van der Waals surface area contributed by atoms with E-state index in [1.807, 2.05) is 13.8 Å². The van der Waals surface area contributed by atoms with Gasteiger partial charge in [0.05, 0.1) is 18.5 Å². The van der Waals surface area contributed by atoms with Gasteiger partial charge in [-0.1, -0.05) is 19.1 Å². The molecule has 0 aromatic heterocycles. The highest BCUT2D eigenvalue weighted by Gasteiger charge is 2.34. The summed E-state index contributed by atoms with van der Waals surface area (Å²) < 4.78 is 32.4. The van der Waals surface area contributed by atoms with Gasteiger partial charge in [0, 0.05) is 18.3 Å². The van der Waals surface area contributed by atoms with E-state index in [-0.39, 0.29) is 17.9 Å². The Labute approximate surface area is 120 Å². The fraction of sp³-hybridized carbons (Fsp3) is 0.571. The maximum absolute atomic E-state index is 12.6. The van der Waals surface area contributed by atoms with E-state index in [2.05, 4.69) is 0 Å². The standard InChI is InChI=1S/C14H22N2O3S/c1-3-14-9-19-11(2)8-16(14)20(17,18)10-12-5-4-6-13(15)7-12/h4-7,11,14H,3,8-10,15H2,1-2H3. The summed E-state index contributed by atoms with van der Waals surface area (Å²) in [4.78, 5) is 0. The van der Waals surface area contributed by atoms with Crippen molar-refractivity contribution in [3.8, 4) is 0 Å². The normalized spacial score (nSPS) is 24.7. The van der Waals surface area contributed by atoms with E-state index in [0.29, 0.717) is 18.8 Å². The molecule has 1 heterocycles. The Morgan fingerprint density at radius 1 is 1.45 bits per heavy atom. The lowest BCUT2D eigenvalue weighted by atomic mass is 10.2. The molecular weight excluding hydrogens is 276 g/mol. The van der Waals surface area contributed by atoms with Crippen LogP contribution in [0.1, 0.15) is 25.8 Å². The molecule has 6 heteroatoms. The largest absolute Gasteiger partial charge is 0.399 e. The van der Waals surface area contributed by atoms with E-state index < -0.39 is 10.0 Å². The SMILES string of the molecule is CCC1COC(C)CN1S(=O)(=O)Cc1cccc(N)c1. The number of anilines is 1. The fourth-order valence-electron chi connectivity index (χ4n) is 2.45. The summed E-state index contributed by atoms with van der Waals surface area (Å²) in [5.41, 5.74) is 7.01. The predicted octanol–water partition coefficient (Wildman–Crippen LogP) is 1.60. The van der Waals surface area contributed by atoms with Gasteiger partial charge in [-0.3, -0.25) is 0 Å². The van der Waals surface area contributed by atoms with E-state index >= 15 is 0 Å². The van der Waals surface area contributed by atoms with Crippen molar-refractivity contribution in [2.45, 2.75) is 38.2 Å². The molecule has 0 aliphatic carbocycles. The molecule has 0 saturated carbocycles. The van der Waals surface area contributed by atoms with E-state index in [1.54, 1.807) is 28.6 Å². The molecule has 0 amide bonds. The van der Waals surface area contributed by atoms with Gasteiger partial charge >= 0.3 is 0 Å². The van der Waals surface area contributed by atoms with Gasteiger partial charge in [-0.25, -0.2) is 8.42 Å². The lowest BCUT2D eigenvalue weighted by molar-refractivity contribution is -0.0231. The zero-order valence-electron chi connectivity index (χ0n) is 12.0. The average Bonchev–Trinajstić information content (AvgIpc) is 2.38.